The number of hydrogen-bond acceptors (Lipinski definition) is 6. The first-order valence-corrected chi connectivity index (χ1v) is 11.3. The van der Waals surface area contributed by atoms with Crippen molar-refractivity contribution >= 4 is 22.9 Å². The van der Waals surface area contributed by atoms with E-state index in [4.69, 9.17) is 10.5 Å². The van der Waals surface area contributed by atoms with Crippen molar-refractivity contribution in [3.05, 3.63) is 72.1 Å². The van der Waals surface area contributed by atoms with Gasteiger partial charge in [0.1, 0.15) is 11.8 Å². The molecule has 0 saturated carbocycles. The summed E-state index contributed by atoms with van der Waals surface area (Å²) in [6.07, 6.45) is -0.386. The van der Waals surface area contributed by atoms with Gasteiger partial charge in [0.2, 0.25) is 5.91 Å². The van der Waals surface area contributed by atoms with E-state index < -0.39 is 35.7 Å². The molecule has 8 heteroatoms. The number of hydrogen-bond donors (Lipinski definition) is 2. The van der Waals surface area contributed by atoms with Crippen LogP contribution < -0.4 is 5.73 Å². The van der Waals surface area contributed by atoms with E-state index in [1.165, 1.54) is 20.0 Å². The molecule has 0 aliphatic rings. The summed E-state index contributed by atoms with van der Waals surface area (Å²) < 4.78 is 19.6. The van der Waals surface area contributed by atoms with Gasteiger partial charge in [-0.3, -0.25) is 9.78 Å². The number of benzene rings is 2. The van der Waals surface area contributed by atoms with Crippen LogP contribution in [0.2, 0.25) is 0 Å². The van der Waals surface area contributed by atoms with Gasteiger partial charge >= 0.3 is 5.97 Å². The summed E-state index contributed by atoms with van der Waals surface area (Å²) in [5, 5.41) is 11.0. The third-order valence-corrected chi connectivity index (χ3v) is 5.64. The first-order valence-electron chi connectivity index (χ1n) is 11.3. The fraction of sp³-hybridized carbons (Fsp3) is 0.385. The predicted octanol–water partition coefficient (Wildman–Crippen LogP) is 3.78. The molecule has 2 aromatic carbocycles. The number of para-hydroxylation sites is 2. The molecule has 34 heavy (non-hydrogen) atoms. The summed E-state index contributed by atoms with van der Waals surface area (Å²) in [4.78, 5) is 33.4. The number of fused-ring (bicyclic) bond motifs is 1. The number of aliphatic hydroxyl groups is 1. The number of carbonyl (C=O) groups excluding carboxylic acids is 2. The first-order chi connectivity index (χ1) is 16.1. The third kappa shape index (κ3) is 7.31. The maximum Gasteiger partial charge on any atom is 0.358 e. The van der Waals surface area contributed by atoms with Crippen LogP contribution in [-0.2, 0) is 16.0 Å². The number of halogens is 1. The summed E-state index contributed by atoms with van der Waals surface area (Å²) >= 11 is 0. The van der Waals surface area contributed by atoms with Gasteiger partial charge in [-0.1, -0.05) is 42.5 Å². The lowest BCUT2D eigenvalue weighted by molar-refractivity contribution is -0.124. The lowest BCUT2D eigenvalue weighted by Crippen LogP contribution is -2.38. The molecule has 3 N–H and O–H groups in total. The Morgan fingerprint density at radius 3 is 2.38 bits per heavy atom. The largest absolute Gasteiger partial charge is 0.454 e. The number of carbonyl (C=O) groups is 2. The topological polar surface area (TPSA) is 115 Å². The highest BCUT2D eigenvalue weighted by Gasteiger charge is 2.31. The van der Waals surface area contributed by atoms with Gasteiger partial charge in [0.25, 0.3) is 0 Å². The zero-order valence-electron chi connectivity index (χ0n) is 19.4. The molecule has 0 saturated heterocycles. The van der Waals surface area contributed by atoms with Crippen LogP contribution in [0.1, 0.15) is 49.2 Å². The second-order valence-electron chi connectivity index (χ2n) is 9.04. The Kier molecular flexibility index (Phi) is 8.28. The van der Waals surface area contributed by atoms with Crippen LogP contribution >= 0.6 is 0 Å². The number of aromatic nitrogens is 2. The Bertz CT molecular complexity index is 1120. The molecule has 7 nitrogen and oxygen atoms in total. The van der Waals surface area contributed by atoms with Crippen LogP contribution in [0.4, 0.5) is 4.39 Å². The second kappa shape index (κ2) is 11.2. The van der Waals surface area contributed by atoms with Gasteiger partial charge in [0.15, 0.2) is 5.69 Å². The van der Waals surface area contributed by atoms with Crippen LogP contribution in [-0.4, -0.2) is 44.8 Å². The summed E-state index contributed by atoms with van der Waals surface area (Å²) in [7, 11) is 0. The van der Waals surface area contributed by atoms with Crippen molar-refractivity contribution in [3.63, 3.8) is 0 Å². The van der Waals surface area contributed by atoms with Crippen molar-refractivity contribution in [1.82, 2.24) is 9.97 Å². The molecule has 1 amide bonds. The molecule has 1 aromatic heterocycles. The number of esters is 1. The highest BCUT2D eigenvalue weighted by molar-refractivity contribution is 5.89. The van der Waals surface area contributed by atoms with E-state index in [1.807, 2.05) is 36.4 Å². The summed E-state index contributed by atoms with van der Waals surface area (Å²) in [6.45, 7) is 2.85. The zero-order chi connectivity index (χ0) is 24.7. The van der Waals surface area contributed by atoms with Crippen molar-refractivity contribution in [2.45, 2.75) is 57.4 Å². The van der Waals surface area contributed by atoms with Crippen molar-refractivity contribution in [3.8, 4) is 0 Å². The Morgan fingerprint density at radius 1 is 1.09 bits per heavy atom. The highest BCUT2D eigenvalue weighted by atomic mass is 19.1. The number of primary amides is 1. The molecular formula is C26H30FN3O4. The van der Waals surface area contributed by atoms with E-state index in [0.717, 1.165) is 5.56 Å². The average molecular weight is 468 g/mol. The Labute approximate surface area is 198 Å². The highest BCUT2D eigenvalue weighted by Crippen LogP contribution is 2.25. The summed E-state index contributed by atoms with van der Waals surface area (Å²) in [6, 6.07) is 16.4. The van der Waals surface area contributed by atoms with Crippen molar-refractivity contribution in [2.24, 2.45) is 11.7 Å². The fourth-order valence-electron chi connectivity index (χ4n) is 3.69. The Morgan fingerprint density at radius 2 is 1.74 bits per heavy atom. The number of nitrogens with two attached hydrogens (primary N) is 1. The molecule has 0 aliphatic carbocycles. The van der Waals surface area contributed by atoms with E-state index in [2.05, 4.69) is 9.97 Å². The SMILES string of the molecule is CC(C)(F)CC[C@H](C[C@@H](O)[C@H](Cc1ccccc1)OC(=O)c1cnc2ccccc2n1)C(N)=O. The number of alkyl halides is 1. The Balaban J connectivity index is 1.78. The number of amides is 1. The lowest BCUT2D eigenvalue weighted by Gasteiger charge is -2.26. The molecule has 180 valence electrons. The van der Waals surface area contributed by atoms with E-state index in [1.54, 1.807) is 18.2 Å². The van der Waals surface area contributed by atoms with E-state index in [-0.39, 0.29) is 31.4 Å². The van der Waals surface area contributed by atoms with Gasteiger partial charge in [0, 0.05) is 12.3 Å². The molecule has 0 spiro atoms. The molecule has 1 heterocycles. The van der Waals surface area contributed by atoms with Crippen LogP contribution in [0.3, 0.4) is 0 Å². The van der Waals surface area contributed by atoms with Crippen LogP contribution in [0.5, 0.6) is 0 Å². The monoisotopic (exact) mass is 467 g/mol. The first kappa shape index (κ1) is 25.2. The number of ether oxygens (including phenoxy) is 1. The maximum absolute atomic E-state index is 14.0. The maximum atomic E-state index is 14.0. The van der Waals surface area contributed by atoms with Crippen molar-refractivity contribution < 1.29 is 23.8 Å². The van der Waals surface area contributed by atoms with E-state index in [0.29, 0.717) is 11.0 Å². The summed E-state index contributed by atoms with van der Waals surface area (Å²) in [5.41, 5.74) is 6.07. The van der Waals surface area contributed by atoms with E-state index >= 15 is 0 Å². The summed E-state index contributed by atoms with van der Waals surface area (Å²) in [5.74, 6) is -2.13. The van der Waals surface area contributed by atoms with Gasteiger partial charge in [-0.2, -0.15) is 0 Å². The minimum atomic E-state index is -1.47. The van der Waals surface area contributed by atoms with Crippen LogP contribution in [0.15, 0.2) is 60.8 Å². The minimum Gasteiger partial charge on any atom is -0.454 e. The van der Waals surface area contributed by atoms with Gasteiger partial charge in [-0.25, -0.2) is 14.2 Å². The van der Waals surface area contributed by atoms with Crippen molar-refractivity contribution in [1.29, 1.82) is 0 Å². The Hall–Kier alpha value is -3.39. The molecule has 3 aromatic rings. The quantitative estimate of drug-likeness (QED) is 0.415. The molecular weight excluding hydrogens is 437 g/mol. The lowest BCUT2D eigenvalue weighted by atomic mass is 9.89. The average Bonchev–Trinajstić information content (AvgIpc) is 2.80. The standard InChI is InChI=1S/C26H30FN3O4/c1-26(2,27)13-12-18(24(28)32)15-22(31)23(14-17-8-4-3-5-9-17)34-25(33)21-16-29-19-10-6-7-11-20(19)30-21/h3-11,16,18,22-23,31H,12-15H2,1-2H3,(H2,28,32)/t18-,22-,23+/m1/s1. The van der Waals surface area contributed by atoms with Crippen LogP contribution in [0.25, 0.3) is 11.0 Å². The van der Waals surface area contributed by atoms with Crippen LogP contribution in [0, 0.1) is 5.92 Å². The minimum absolute atomic E-state index is 0.00888. The van der Waals surface area contributed by atoms with Gasteiger partial charge in [-0.15, -0.1) is 0 Å². The van der Waals surface area contributed by atoms with Gasteiger partial charge in [-0.05, 0) is 50.8 Å². The fourth-order valence-corrected chi connectivity index (χ4v) is 3.69. The normalized spacial score (nSPS) is 14.4. The van der Waals surface area contributed by atoms with E-state index in [9.17, 15) is 19.1 Å². The molecule has 3 rings (SSSR count). The van der Waals surface area contributed by atoms with Gasteiger partial charge < -0.3 is 15.6 Å². The van der Waals surface area contributed by atoms with Crippen molar-refractivity contribution in [2.75, 3.05) is 0 Å². The molecule has 0 bridgehead atoms. The predicted molar refractivity (Wildman–Crippen MR) is 127 cm³/mol. The molecule has 0 unspecified atom stereocenters. The second-order valence-corrected chi connectivity index (χ2v) is 9.04. The molecule has 3 atom stereocenters. The zero-order valence-corrected chi connectivity index (χ0v) is 19.4. The molecule has 0 aliphatic heterocycles. The smallest absolute Gasteiger partial charge is 0.358 e. The third-order valence-electron chi connectivity index (χ3n) is 5.64. The number of aliphatic hydroxyl groups excluding tert-OH is 1. The molecule has 0 fully saturated rings. The number of nitrogens with zero attached hydrogens (tertiary/aromatic N) is 2. The van der Waals surface area contributed by atoms with Gasteiger partial charge in [0.05, 0.1) is 23.3 Å². The number of rotatable bonds is 11. The molecule has 0 radical (unpaired) electrons.